The summed E-state index contributed by atoms with van der Waals surface area (Å²) in [6, 6.07) is 5.79. The van der Waals surface area contributed by atoms with Gasteiger partial charge in [-0.1, -0.05) is 12.1 Å². The van der Waals surface area contributed by atoms with Crippen LogP contribution in [-0.4, -0.2) is 44.2 Å². The number of carbonyl (C=O) groups is 1. The number of hydrogen-bond donors (Lipinski definition) is 1. The van der Waals surface area contributed by atoms with Crippen molar-refractivity contribution in [2.45, 2.75) is 33.2 Å². The summed E-state index contributed by atoms with van der Waals surface area (Å²) >= 11 is 0. The average Bonchev–Trinajstić information content (AvgIpc) is 2.43. The lowest BCUT2D eigenvalue weighted by Gasteiger charge is -2.24. The molecule has 0 saturated carbocycles. The van der Waals surface area contributed by atoms with Gasteiger partial charge in [0.2, 0.25) is 5.91 Å². The minimum atomic E-state index is -0.160. The molecule has 112 valence electrons. The van der Waals surface area contributed by atoms with E-state index in [1.165, 1.54) is 5.56 Å². The van der Waals surface area contributed by atoms with Crippen LogP contribution in [0.4, 0.5) is 5.69 Å². The number of amides is 1. The molecule has 1 rings (SSSR count). The summed E-state index contributed by atoms with van der Waals surface area (Å²) in [6.45, 7) is 7.56. The van der Waals surface area contributed by atoms with Gasteiger partial charge in [-0.25, -0.2) is 0 Å². The minimum absolute atomic E-state index is 0.0265. The molecule has 0 aromatic heterocycles. The van der Waals surface area contributed by atoms with Gasteiger partial charge in [-0.2, -0.15) is 0 Å². The van der Waals surface area contributed by atoms with E-state index in [1.807, 2.05) is 50.9 Å². The van der Waals surface area contributed by atoms with Crippen LogP contribution in [0.2, 0.25) is 0 Å². The molecule has 0 spiro atoms. The quantitative estimate of drug-likeness (QED) is 0.780. The van der Waals surface area contributed by atoms with Crippen LogP contribution in [0.3, 0.4) is 0 Å². The molecule has 0 bridgehead atoms. The topological polar surface area (TPSA) is 41.6 Å². The number of methoxy groups -OCH3 is 1. The molecular weight excluding hydrogens is 252 g/mol. The van der Waals surface area contributed by atoms with E-state index in [4.69, 9.17) is 4.74 Å². The summed E-state index contributed by atoms with van der Waals surface area (Å²) in [4.78, 5) is 14.3. The van der Waals surface area contributed by atoms with E-state index in [0.717, 1.165) is 30.8 Å². The van der Waals surface area contributed by atoms with Crippen LogP contribution in [0.1, 0.15) is 24.5 Å². The fourth-order valence-corrected chi connectivity index (χ4v) is 1.98. The van der Waals surface area contributed by atoms with Crippen molar-refractivity contribution in [3.8, 4) is 0 Å². The predicted molar refractivity (Wildman–Crippen MR) is 83.1 cm³/mol. The minimum Gasteiger partial charge on any atom is -0.385 e. The first-order valence-corrected chi connectivity index (χ1v) is 7.03. The molecule has 1 aromatic carbocycles. The first-order chi connectivity index (χ1) is 9.47. The first kappa shape index (κ1) is 16.7. The molecule has 0 saturated heterocycles. The lowest BCUT2D eigenvalue weighted by Crippen LogP contribution is -2.40. The Kier molecular flexibility index (Phi) is 6.68. The third kappa shape index (κ3) is 4.62. The fraction of sp³-hybridized carbons (Fsp3) is 0.562. The van der Waals surface area contributed by atoms with E-state index in [1.54, 1.807) is 7.11 Å². The van der Waals surface area contributed by atoms with Crippen LogP contribution in [-0.2, 0) is 9.53 Å². The number of ether oxygens (including phenoxy) is 1. The number of likely N-dealkylation sites (N-methyl/N-ethyl adjacent to an activating group) is 1. The lowest BCUT2D eigenvalue weighted by molar-refractivity contribution is -0.120. The highest BCUT2D eigenvalue weighted by Crippen LogP contribution is 2.18. The van der Waals surface area contributed by atoms with Crippen LogP contribution in [0, 0.1) is 13.8 Å². The molecule has 0 aliphatic rings. The van der Waals surface area contributed by atoms with Crippen molar-refractivity contribution in [2.24, 2.45) is 0 Å². The van der Waals surface area contributed by atoms with Gasteiger partial charge in [-0.3, -0.25) is 9.69 Å². The maximum absolute atomic E-state index is 12.3. The number of rotatable bonds is 7. The third-order valence-electron chi connectivity index (χ3n) is 3.76. The molecule has 4 heteroatoms. The average molecular weight is 278 g/mol. The number of benzene rings is 1. The SMILES string of the molecule is COCCCN(C)C(C)C(=O)Nc1cccc(C)c1C. The van der Waals surface area contributed by atoms with Crippen LogP contribution < -0.4 is 5.32 Å². The van der Waals surface area contributed by atoms with Gasteiger partial charge >= 0.3 is 0 Å². The summed E-state index contributed by atoms with van der Waals surface area (Å²) in [5.41, 5.74) is 3.20. The lowest BCUT2D eigenvalue weighted by atomic mass is 10.1. The number of nitrogens with one attached hydrogen (secondary N) is 1. The number of aryl methyl sites for hydroxylation is 1. The van der Waals surface area contributed by atoms with Crippen LogP contribution in [0.25, 0.3) is 0 Å². The van der Waals surface area contributed by atoms with Gasteiger partial charge in [0.05, 0.1) is 6.04 Å². The van der Waals surface area contributed by atoms with E-state index >= 15 is 0 Å². The zero-order chi connectivity index (χ0) is 15.1. The standard InChI is InChI=1S/C16H26N2O2/c1-12-8-6-9-15(13(12)2)17-16(19)14(3)18(4)10-7-11-20-5/h6,8-9,14H,7,10-11H2,1-5H3,(H,17,19). The zero-order valence-electron chi connectivity index (χ0n) is 13.2. The maximum atomic E-state index is 12.3. The molecule has 0 radical (unpaired) electrons. The zero-order valence-corrected chi connectivity index (χ0v) is 13.2. The second-order valence-corrected chi connectivity index (χ2v) is 5.24. The highest BCUT2D eigenvalue weighted by Gasteiger charge is 2.18. The van der Waals surface area contributed by atoms with Gasteiger partial charge in [-0.15, -0.1) is 0 Å². The molecule has 0 aliphatic heterocycles. The van der Waals surface area contributed by atoms with Crippen molar-refractivity contribution in [2.75, 3.05) is 32.6 Å². The Labute approximate surface area is 122 Å². The van der Waals surface area contributed by atoms with E-state index in [2.05, 4.69) is 5.32 Å². The molecule has 1 unspecified atom stereocenters. The fourth-order valence-electron chi connectivity index (χ4n) is 1.98. The highest BCUT2D eigenvalue weighted by atomic mass is 16.5. The van der Waals surface area contributed by atoms with Crippen molar-refractivity contribution >= 4 is 11.6 Å². The number of carbonyl (C=O) groups excluding carboxylic acids is 1. The molecular formula is C16H26N2O2. The normalized spacial score (nSPS) is 12.5. The summed E-state index contributed by atoms with van der Waals surface area (Å²) in [5.74, 6) is 0.0265. The number of anilines is 1. The third-order valence-corrected chi connectivity index (χ3v) is 3.76. The van der Waals surface area contributed by atoms with Crippen molar-refractivity contribution in [3.63, 3.8) is 0 Å². The first-order valence-electron chi connectivity index (χ1n) is 7.03. The Morgan fingerprint density at radius 3 is 2.75 bits per heavy atom. The monoisotopic (exact) mass is 278 g/mol. The molecule has 0 aliphatic carbocycles. The summed E-state index contributed by atoms with van der Waals surface area (Å²) in [6.07, 6.45) is 0.925. The smallest absolute Gasteiger partial charge is 0.241 e. The van der Waals surface area contributed by atoms with Crippen molar-refractivity contribution in [3.05, 3.63) is 29.3 Å². The molecule has 1 amide bonds. The Balaban J connectivity index is 2.59. The second-order valence-electron chi connectivity index (χ2n) is 5.24. The van der Waals surface area contributed by atoms with Gasteiger partial charge in [0.1, 0.15) is 0 Å². The molecule has 0 fully saturated rings. The molecule has 1 aromatic rings. The van der Waals surface area contributed by atoms with E-state index < -0.39 is 0 Å². The van der Waals surface area contributed by atoms with Gasteiger partial charge in [0, 0.05) is 25.9 Å². The van der Waals surface area contributed by atoms with E-state index in [-0.39, 0.29) is 11.9 Å². The predicted octanol–water partition coefficient (Wildman–Crippen LogP) is 2.60. The Hall–Kier alpha value is -1.39. The van der Waals surface area contributed by atoms with Gasteiger partial charge < -0.3 is 10.1 Å². The van der Waals surface area contributed by atoms with Crippen LogP contribution >= 0.6 is 0 Å². The largest absolute Gasteiger partial charge is 0.385 e. The van der Waals surface area contributed by atoms with Gasteiger partial charge in [-0.05, 0) is 51.4 Å². The highest BCUT2D eigenvalue weighted by molar-refractivity contribution is 5.95. The molecule has 1 atom stereocenters. The van der Waals surface area contributed by atoms with Crippen LogP contribution in [0.5, 0.6) is 0 Å². The molecule has 0 heterocycles. The van der Waals surface area contributed by atoms with Crippen molar-refractivity contribution in [1.82, 2.24) is 4.90 Å². The molecule has 1 N–H and O–H groups in total. The Morgan fingerprint density at radius 2 is 2.10 bits per heavy atom. The van der Waals surface area contributed by atoms with Crippen molar-refractivity contribution in [1.29, 1.82) is 0 Å². The summed E-state index contributed by atoms with van der Waals surface area (Å²) < 4.78 is 5.03. The second kappa shape index (κ2) is 8.02. The van der Waals surface area contributed by atoms with Gasteiger partial charge in [0.25, 0.3) is 0 Å². The van der Waals surface area contributed by atoms with E-state index in [0.29, 0.717) is 0 Å². The Morgan fingerprint density at radius 1 is 1.40 bits per heavy atom. The van der Waals surface area contributed by atoms with Gasteiger partial charge in [0.15, 0.2) is 0 Å². The summed E-state index contributed by atoms with van der Waals surface area (Å²) in [5, 5.41) is 3.01. The summed E-state index contributed by atoms with van der Waals surface area (Å²) in [7, 11) is 3.65. The molecule has 4 nitrogen and oxygen atoms in total. The molecule has 20 heavy (non-hydrogen) atoms. The number of hydrogen-bond acceptors (Lipinski definition) is 3. The maximum Gasteiger partial charge on any atom is 0.241 e. The Bertz CT molecular complexity index is 446. The number of nitrogens with zero attached hydrogens (tertiary/aromatic N) is 1. The van der Waals surface area contributed by atoms with Crippen LogP contribution in [0.15, 0.2) is 18.2 Å². The van der Waals surface area contributed by atoms with E-state index in [9.17, 15) is 4.79 Å². The van der Waals surface area contributed by atoms with Crippen molar-refractivity contribution < 1.29 is 9.53 Å².